The van der Waals surface area contributed by atoms with Gasteiger partial charge in [0, 0.05) is 10.7 Å². The fraction of sp³-hybridized carbons (Fsp3) is 0.200. The van der Waals surface area contributed by atoms with Gasteiger partial charge in [-0.2, -0.15) is 5.26 Å². The average Bonchev–Trinajstić information content (AvgIpc) is 2.62. The molecule has 0 saturated heterocycles. The molecule has 140 valence electrons. The van der Waals surface area contributed by atoms with Gasteiger partial charge in [-0.05, 0) is 71.7 Å². The van der Waals surface area contributed by atoms with Crippen LogP contribution in [0.3, 0.4) is 0 Å². The maximum atomic E-state index is 12.4. The van der Waals surface area contributed by atoms with E-state index in [9.17, 15) is 10.1 Å². The lowest BCUT2D eigenvalue weighted by atomic mass is 10.1. The molecule has 1 N–H and O–H groups in total. The molecule has 2 aromatic rings. The van der Waals surface area contributed by atoms with Gasteiger partial charge in [-0.15, -0.1) is 0 Å². The Hall–Kier alpha value is -2.49. The lowest BCUT2D eigenvalue weighted by molar-refractivity contribution is -0.112. The first-order chi connectivity index (χ1) is 13.0. The number of hydrogen-bond acceptors (Lipinski definition) is 4. The van der Waals surface area contributed by atoms with Crippen LogP contribution in [0.4, 0.5) is 5.69 Å². The molecule has 0 unspecified atom stereocenters. The molecule has 2 aromatic carbocycles. The number of halogens is 2. The van der Waals surface area contributed by atoms with Gasteiger partial charge < -0.3 is 14.8 Å². The number of ether oxygens (including phenoxy) is 2. The molecule has 2 rings (SSSR count). The van der Waals surface area contributed by atoms with Crippen molar-refractivity contribution < 1.29 is 14.3 Å². The molecule has 0 aliphatic heterocycles. The molecule has 0 aliphatic rings. The van der Waals surface area contributed by atoms with Crippen LogP contribution in [-0.4, -0.2) is 19.1 Å². The van der Waals surface area contributed by atoms with Crippen LogP contribution in [-0.2, 0) is 4.79 Å². The molecular weight excluding hydrogens is 432 g/mol. The second-order valence-electron chi connectivity index (χ2n) is 5.33. The third-order valence-corrected chi connectivity index (χ3v) is 4.20. The van der Waals surface area contributed by atoms with Gasteiger partial charge in [0.15, 0.2) is 11.5 Å². The topological polar surface area (TPSA) is 71.3 Å². The summed E-state index contributed by atoms with van der Waals surface area (Å²) < 4.78 is 11.9. The van der Waals surface area contributed by atoms with E-state index in [1.54, 1.807) is 36.4 Å². The average molecular weight is 450 g/mol. The van der Waals surface area contributed by atoms with Crippen molar-refractivity contribution in [2.75, 3.05) is 18.5 Å². The number of nitrogens with one attached hydrogen (secondary N) is 1. The predicted molar refractivity (Wildman–Crippen MR) is 110 cm³/mol. The van der Waals surface area contributed by atoms with Crippen LogP contribution in [0.1, 0.15) is 19.4 Å². The number of rotatable bonds is 7. The Morgan fingerprint density at radius 1 is 1.26 bits per heavy atom. The van der Waals surface area contributed by atoms with Gasteiger partial charge in [-0.25, -0.2) is 0 Å². The van der Waals surface area contributed by atoms with Crippen molar-refractivity contribution in [2.24, 2.45) is 0 Å². The summed E-state index contributed by atoms with van der Waals surface area (Å²) in [5, 5.41) is 12.5. The largest absolute Gasteiger partial charge is 0.490 e. The van der Waals surface area contributed by atoms with E-state index < -0.39 is 5.91 Å². The summed E-state index contributed by atoms with van der Waals surface area (Å²) in [5.41, 5.74) is 1.09. The van der Waals surface area contributed by atoms with E-state index in [-0.39, 0.29) is 5.57 Å². The minimum atomic E-state index is -0.525. The Bertz CT molecular complexity index is 907. The molecule has 0 atom stereocenters. The molecule has 7 heteroatoms. The summed E-state index contributed by atoms with van der Waals surface area (Å²) >= 11 is 9.36. The minimum Gasteiger partial charge on any atom is -0.490 e. The lowest BCUT2D eigenvalue weighted by Gasteiger charge is -2.13. The number of anilines is 1. The molecule has 0 bridgehead atoms. The molecule has 0 heterocycles. The summed E-state index contributed by atoms with van der Waals surface area (Å²) in [7, 11) is 0. The summed E-state index contributed by atoms with van der Waals surface area (Å²) in [4.78, 5) is 12.4. The fourth-order valence-electron chi connectivity index (χ4n) is 2.30. The van der Waals surface area contributed by atoms with E-state index in [2.05, 4.69) is 21.2 Å². The number of nitriles is 1. The molecule has 1 amide bonds. The van der Waals surface area contributed by atoms with Crippen molar-refractivity contribution in [3.63, 3.8) is 0 Å². The quantitative estimate of drug-likeness (QED) is 0.451. The second-order valence-corrected chi connectivity index (χ2v) is 6.62. The highest BCUT2D eigenvalue weighted by Gasteiger charge is 2.14. The van der Waals surface area contributed by atoms with Gasteiger partial charge in [0.2, 0.25) is 0 Å². The Morgan fingerprint density at radius 2 is 2.00 bits per heavy atom. The van der Waals surface area contributed by atoms with Crippen LogP contribution in [0, 0.1) is 11.3 Å². The predicted octanol–water partition coefficient (Wildman–Crippen LogP) is 5.45. The van der Waals surface area contributed by atoms with Gasteiger partial charge in [0.05, 0.1) is 17.7 Å². The van der Waals surface area contributed by atoms with Gasteiger partial charge >= 0.3 is 0 Å². The number of nitrogens with zero attached hydrogens (tertiary/aromatic N) is 1. The zero-order valence-electron chi connectivity index (χ0n) is 14.9. The standard InChI is InChI=1S/C20H18BrClN2O3/c1-3-26-18-10-13(9-17(21)19(18)27-4-2)8-14(12-23)20(25)24-16-7-5-6-15(22)11-16/h5-11H,3-4H2,1-2H3,(H,24,25)/b14-8+. The fourth-order valence-corrected chi connectivity index (χ4v) is 3.06. The number of amides is 1. The lowest BCUT2D eigenvalue weighted by Crippen LogP contribution is -2.13. The van der Waals surface area contributed by atoms with Crippen molar-refractivity contribution in [2.45, 2.75) is 13.8 Å². The van der Waals surface area contributed by atoms with Crippen LogP contribution in [0.5, 0.6) is 11.5 Å². The van der Waals surface area contributed by atoms with Gasteiger partial charge in [-0.1, -0.05) is 17.7 Å². The first-order valence-electron chi connectivity index (χ1n) is 8.26. The maximum absolute atomic E-state index is 12.4. The zero-order valence-corrected chi connectivity index (χ0v) is 17.2. The molecule has 0 aliphatic carbocycles. The number of benzene rings is 2. The van der Waals surface area contributed by atoms with E-state index in [1.807, 2.05) is 19.9 Å². The molecule has 5 nitrogen and oxygen atoms in total. The van der Waals surface area contributed by atoms with E-state index >= 15 is 0 Å². The van der Waals surface area contributed by atoms with Crippen molar-refractivity contribution in [1.82, 2.24) is 0 Å². The first-order valence-corrected chi connectivity index (χ1v) is 9.43. The van der Waals surface area contributed by atoms with Crippen LogP contribution >= 0.6 is 27.5 Å². The van der Waals surface area contributed by atoms with Crippen molar-refractivity contribution in [3.8, 4) is 17.6 Å². The SMILES string of the molecule is CCOc1cc(/C=C(\C#N)C(=O)Nc2cccc(Cl)c2)cc(Br)c1OCC. The van der Waals surface area contributed by atoms with E-state index in [1.165, 1.54) is 6.08 Å². The van der Waals surface area contributed by atoms with Crippen molar-refractivity contribution >= 4 is 45.2 Å². The van der Waals surface area contributed by atoms with Crippen LogP contribution in [0.25, 0.3) is 6.08 Å². The van der Waals surface area contributed by atoms with Gasteiger partial charge in [-0.3, -0.25) is 4.79 Å². The molecule has 0 saturated carbocycles. The molecule has 0 spiro atoms. The van der Waals surface area contributed by atoms with Gasteiger partial charge in [0.25, 0.3) is 5.91 Å². The highest BCUT2D eigenvalue weighted by Crippen LogP contribution is 2.37. The molecule has 0 fully saturated rings. The zero-order chi connectivity index (χ0) is 19.8. The summed E-state index contributed by atoms with van der Waals surface area (Å²) in [6, 6.07) is 12.1. The maximum Gasteiger partial charge on any atom is 0.266 e. The third-order valence-electron chi connectivity index (χ3n) is 3.38. The van der Waals surface area contributed by atoms with Gasteiger partial charge in [0.1, 0.15) is 11.6 Å². The normalized spacial score (nSPS) is 10.9. The molecule has 0 radical (unpaired) electrons. The number of carbonyl (C=O) groups excluding carboxylic acids is 1. The Labute approximate surface area is 171 Å². The Kier molecular flexibility index (Phi) is 7.71. The molecule has 0 aromatic heterocycles. The first kappa shape index (κ1) is 20.8. The van der Waals surface area contributed by atoms with Crippen LogP contribution in [0.2, 0.25) is 5.02 Å². The van der Waals surface area contributed by atoms with Crippen LogP contribution < -0.4 is 14.8 Å². The highest BCUT2D eigenvalue weighted by atomic mass is 79.9. The van der Waals surface area contributed by atoms with E-state index in [0.29, 0.717) is 45.5 Å². The molecule has 27 heavy (non-hydrogen) atoms. The number of carbonyl (C=O) groups is 1. The summed E-state index contributed by atoms with van der Waals surface area (Å²) in [6.07, 6.45) is 1.49. The van der Waals surface area contributed by atoms with Crippen LogP contribution in [0.15, 0.2) is 46.4 Å². The van der Waals surface area contributed by atoms with Crippen molar-refractivity contribution in [1.29, 1.82) is 5.26 Å². The Morgan fingerprint density at radius 3 is 2.63 bits per heavy atom. The number of hydrogen-bond donors (Lipinski definition) is 1. The Balaban J connectivity index is 2.33. The summed E-state index contributed by atoms with van der Waals surface area (Å²) in [6.45, 7) is 4.69. The van der Waals surface area contributed by atoms with Crippen molar-refractivity contribution in [3.05, 3.63) is 57.0 Å². The highest BCUT2D eigenvalue weighted by molar-refractivity contribution is 9.10. The monoisotopic (exact) mass is 448 g/mol. The van der Waals surface area contributed by atoms with E-state index in [4.69, 9.17) is 21.1 Å². The second kappa shape index (κ2) is 10.0. The smallest absolute Gasteiger partial charge is 0.266 e. The molecular formula is C20H18BrClN2O3. The summed E-state index contributed by atoms with van der Waals surface area (Å²) in [5.74, 6) is 0.591. The van der Waals surface area contributed by atoms with E-state index in [0.717, 1.165) is 0 Å². The minimum absolute atomic E-state index is 0.0477. The third kappa shape index (κ3) is 5.75.